The standard InChI is InChI=1S/C23H20F2N4O2/c24-17-2-1-3-18(25)22(17)19-11-14(21-20(28-19)13-27-23(21)30)10-15-4-5-16(12-26-15)29-6-8-31-9-7-29/h1-5,11-12H,6-10,13H2,(H,27,30). The van der Waals surface area contributed by atoms with Crippen molar-refractivity contribution in [1.29, 1.82) is 0 Å². The summed E-state index contributed by atoms with van der Waals surface area (Å²) in [6.07, 6.45) is 2.16. The Kier molecular flexibility index (Phi) is 5.07. The van der Waals surface area contributed by atoms with E-state index in [-0.39, 0.29) is 23.7 Å². The molecule has 1 aromatic carbocycles. The first-order valence-electron chi connectivity index (χ1n) is 10.1. The molecule has 0 radical (unpaired) electrons. The molecule has 2 aliphatic heterocycles. The van der Waals surface area contributed by atoms with Gasteiger partial charge in [0.1, 0.15) is 11.6 Å². The highest BCUT2D eigenvalue weighted by atomic mass is 19.1. The average Bonchev–Trinajstić information content (AvgIpc) is 3.16. The smallest absolute Gasteiger partial charge is 0.253 e. The molecule has 31 heavy (non-hydrogen) atoms. The first-order chi connectivity index (χ1) is 15.1. The van der Waals surface area contributed by atoms with Gasteiger partial charge in [-0.2, -0.15) is 0 Å². The van der Waals surface area contributed by atoms with Crippen molar-refractivity contribution in [3.8, 4) is 11.3 Å². The van der Waals surface area contributed by atoms with Crippen LogP contribution in [0.3, 0.4) is 0 Å². The van der Waals surface area contributed by atoms with Gasteiger partial charge in [0.05, 0.1) is 54.2 Å². The molecule has 2 aromatic heterocycles. The van der Waals surface area contributed by atoms with E-state index in [1.165, 1.54) is 18.2 Å². The van der Waals surface area contributed by atoms with Crippen molar-refractivity contribution in [2.75, 3.05) is 31.2 Å². The second kappa shape index (κ2) is 8.03. The molecule has 8 heteroatoms. The highest BCUT2D eigenvalue weighted by molar-refractivity contribution is 5.99. The summed E-state index contributed by atoms with van der Waals surface area (Å²) in [5, 5.41) is 2.74. The summed E-state index contributed by atoms with van der Waals surface area (Å²) in [4.78, 5) is 23.5. The second-order valence-corrected chi connectivity index (χ2v) is 7.55. The summed E-state index contributed by atoms with van der Waals surface area (Å²) in [6, 6.07) is 9.20. The van der Waals surface area contributed by atoms with Crippen LogP contribution in [0.4, 0.5) is 14.5 Å². The van der Waals surface area contributed by atoms with Crippen LogP contribution in [-0.2, 0) is 17.7 Å². The number of hydrogen-bond acceptors (Lipinski definition) is 5. The van der Waals surface area contributed by atoms with Crippen LogP contribution in [0.15, 0.2) is 42.6 Å². The van der Waals surface area contributed by atoms with Gasteiger partial charge in [0, 0.05) is 25.2 Å². The Morgan fingerprint density at radius 1 is 1.06 bits per heavy atom. The summed E-state index contributed by atoms with van der Waals surface area (Å²) in [6.45, 7) is 3.24. The Hall–Kier alpha value is -3.39. The molecule has 3 aromatic rings. The van der Waals surface area contributed by atoms with E-state index >= 15 is 0 Å². The van der Waals surface area contributed by atoms with E-state index in [1.54, 1.807) is 12.3 Å². The lowest BCUT2D eigenvalue weighted by molar-refractivity contribution is 0.0965. The maximum absolute atomic E-state index is 14.4. The maximum atomic E-state index is 14.4. The lowest BCUT2D eigenvalue weighted by Gasteiger charge is -2.28. The van der Waals surface area contributed by atoms with Crippen LogP contribution in [-0.4, -0.2) is 42.2 Å². The van der Waals surface area contributed by atoms with E-state index in [9.17, 15) is 13.6 Å². The van der Waals surface area contributed by atoms with E-state index in [2.05, 4.69) is 20.2 Å². The third kappa shape index (κ3) is 3.74. The predicted octanol–water partition coefficient (Wildman–Crippen LogP) is 3.09. The Morgan fingerprint density at radius 3 is 2.55 bits per heavy atom. The van der Waals surface area contributed by atoms with Crippen molar-refractivity contribution < 1.29 is 18.3 Å². The number of ether oxygens (including phenoxy) is 1. The molecule has 0 bridgehead atoms. The molecule has 0 aliphatic carbocycles. The van der Waals surface area contributed by atoms with E-state index in [0.717, 1.165) is 24.5 Å². The lowest BCUT2D eigenvalue weighted by atomic mass is 9.98. The Morgan fingerprint density at radius 2 is 1.84 bits per heavy atom. The van der Waals surface area contributed by atoms with Gasteiger partial charge in [-0.15, -0.1) is 0 Å². The van der Waals surface area contributed by atoms with Crippen LogP contribution in [0.25, 0.3) is 11.3 Å². The zero-order valence-electron chi connectivity index (χ0n) is 16.7. The van der Waals surface area contributed by atoms with Crippen molar-refractivity contribution in [2.24, 2.45) is 0 Å². The summed E-state index contributed by atoms with van der Waals surface area (Å²) in [5.74, 6) is -1.62. The number of benzene rings is 1. The average molecular weight is 422 g/mol. The summed E-state index contributed by atoms with van der Waals surface area (Å²) >= 11 is 0. The van der Waals surface area contributed by atoms with E-state index in [1.807, 2.05) is 12.1 Å². The Balaban J connectivity index is 1.50. The molecular weight excluding hydrogens is 402 g/mol. The SMILES string of the molecule is O=C1NCc2nc(-c3c(F)cccc3F)cc(Cc3ccc(N4CCOCC4)cn3)c21. The summed E-state index contributed by atoms with van der Waals surface area (Å²) < 4.78 is 34.1. The Labute approximate surface area is 177 Å². The number of nitrogens with zero attached hydrogens (tertiary/aromatic N) is 3. The van der Waals surface area contributed by atoms with Gasteiger partial charge < -0.3 is 15.0 Å². The predicted molar refractivity (Wildman–Crippen MR) is 111 cm³/mol. The fourth-order valence-electron chi connectivity index (χ4n) is 4.05. The summed E-state index contributed by atoms with van der Waals surface area (Å²) in [7, 11) is 0. The monoisotopic (exact) mass is 422 g/mol. The van der Waals surface area contributed by atoms with Gasteiger partial charge in [-0.3, -0.25) is 9.78 Å². The third-order valence-electron chi connectivity index (χ3n) is 5.60. The largest absolute Gasteiger partial charge is 0.378 e. The molecule has 2 aliphatic rings. The minimum atomic E-state index is -0.691. The molecule has 0 atom stereocenters. The molecule has 1 amide bonds. The molecule has 0 saturated carbocycles. The molecule has 1 saturated heterocycles. The van der Waals surface area contributed by atoms with Gasteiger partial charge in [-0.05, 0) is 35.9 Å². The number of nitrogens with one attached hydrogen (secondary N) is 1. The number of rotatable bonds is 4. The quantitative estimate of drug-likeness (QED) is 0.700. The number of pyridine rings is 2. The van der Waals surface area contributed by atoms with Crippen LogP contribution in [0, 0.1) is 11.6 Å². The van der Waals surface area contributed by atoms with Gasteiger partial charge in [0.2, 0.25) is 0 Å². The van der Waals surface area contributed by atoms with Gasteiger partial charge in [0.15, 0.2) is 0 Å². The van der Waals surface area contributed by atoms with Crippen LogP contribution in [0.2, 0.25) is 0 Å². The molecule has 158 valence electrons. The zero-order chi connectivity index (χ0) is 21.4. The number of aromatic nitrogens is 2. The fourth-order valence-corrected chi connectivity index (χ4v) is 4.05. The number of fused-ring (bicyclic) bond motifs is 1. The molecule has 5 rings (SSSR count). The first-order valence-corrected chi connectivity index (χ1v) is 10.1. The topological polar surface area (TPSA) is 67.4 Å². The van der Waals surface area contributed by atoms with E-state index < -0.39 is 11.6 Å². The molecule has 6 nitrogen and oxygen atoms in total. The van der Waals surface area contributed by atoms with Crippen LogP contribution < -0.4 is 10.2 Å². The third-order valence-corrected chi connectivity index (χ3v) is 5.60. The minimum Gasteiger partial charge on any atom is -0.378 e. The van der Waals surface area contributed by atoms with Gasteiger partial charge >= 0.3 is 0 Å². The van der Waals surface area contributed by atoms with Crippen molar-refractivity contribution >= 4 is 11.6 Å². The molecule has 1 fully saturated rings. The highest BCUT2D eigenvalue weighted by Crippen LogP contribution is 2.30. The molecular formula is C23H20F2N4O2. The van der Waals surface area contributed by atoms with Crippen molar-refractivity contribution in [2.45, 2.75) is 13.0 Å². The van der Waals surface area contributed by atoms with Crippen LogP contribution >= 0.6 is 0 Å². The van der Waals surface area contributed by atoms with Crippen LogP contribution in [0.1, 0.15) is 27.3 Å². The zero-order valence-corrected chi connectivity index (χ0v) is 16.7. The van der Waals surface area contributed by atoms with Crippen molar-refractivity contribution in [3.05, 3.63) is 76.7 Å². The van der Waals surface area contributed by atoms with Crippen molar-refractivity contribution in [3.63, 3.8) is 0 Å². The Bertz CT molecular complexity index is 1120. The number of morpholine rings is 1. The van der Waals surface area contributed by atoms with Gasteiger partial charge in [-0.25, -0.2) is 13.8 Å². The van der Waals surface area contributed by atoms with E-state index in [0.29, 0.717) is 36.5 Å². The molecule has 4 heterocycles. The van der Waals surface area contributed by atoms with E-state index in [4.69, 9.17) is 4.74 Å². The number of halogens is 2. The summed E-state index contributed by atoms with van der Waals surface area (Å²) in [5.41, 5.74) is 3.34. The van der Waals surface area contributed by atoms with Crippen molar-refractivity contribution in [1.82, 2.24) is 15.3 Å². The first kappa shape index (κ1) is 19.6. The number of hydrogen-bond donors (Lipinski definition) is 1. The van der Waals surface area contributed by atoms with Crippen LogP contribution in [0.5, 0.6) is 0 Å². The number of carbonyl (C=O) groups excluding carboxylic acids is 1. The number of carbonyl (C=O) groups is 1. The van der Waals surface area contributed by atoms with Gasteiger partial charge in [0.25, 0.3) is 5.91 Å². The number of anilines is 1. The maximum Gasteiger partial charge on any atom is 0.253 e. The minimum absolute atomic E-state index is 0.172. The number of amides is 1. The lowest BCUT2D eigenvalue weighted by Crippen LogP contribution is -2.36. The highest BCUT2D eigenvalue weighted by Gasteiger charge is 2.27. The fraction of sp³-hybridized carbons (Fsp3) is 0.261. The second-order valence-electron chi connectivity index (χ2n) is 7.55. The normalized spacial score (nSPS) is 15.7. The molecule has 1 N–H and O–H groups in total. The van der Waals surface area contributed by atoms with Gasteiger partial charge in [-0.1, -0.05) is 6.07 Å². The molecule has 0 spiro atoms. The molecule has 0 unspecified atom stereocenters.